The molecule has 3 rings (SSSR count). The Labute approximate surface area is 269 Å². The van der Waals surface area contributed by atoms with Crippen LogP contribution in [0.1, 0.15) is 83.8 Å². The van der Waals surface area contributed by atoms with Crippen LogP contribution < -0.4 is 4.74 Å². The van der Waals surface area contributed by atoms with Crippen LogP contribution >= 0.6 is 11.6 Å². The molecule has 246 valence electrons. The van der Waals surface area contributed by atoms with Gasteiger partial charge in [-0.15, -0.1) is 0 Å². The van der Waals surface area contributed by atoms with Gasteiger partial charge in [0.2, 0.25) is 0 Å². The Kier molecular flexibility index (Phi) is 15.1. The summed E-state index contributed by atoms with van der Waals surface area (Å²) in [6.45, 7) is 4.30. The van der Waals surface area contributed by atoms with Gasteiger partial charge in [-0.3, -0.25) is 9.59 Å². The molecular weight excluding hydrogens is 604 g/mol. The SMILES string of the molecule is CCCCCCCC(=O)O[C@@H]1CC[C@@H](c2ccc(Cl)c(-c3ccc(OCC)cc3)c2)O[C@@H]1COC(=O)COC(=O)COC(C)=O. The highest BCUT2D eigenvalue weighted by atomic mass is 35.5. The fourth-order valence-electron chi connectivity index (χ4n) is 4.92. The molecule has 1 saturated heterocycles. The number of carbonyl (C=O) groups is 4. The van der Waals surface area contributed by atoms with E-state index < -0.39 is 43.3 Å². The Morgan fingerprint density at radius 1 is 0.844 bits per heavy atom. The quantitative estimate of drug-likeness (QED) is 0.106. The maximum Gasteiger partial charge on any atom is 0.344 e. The standard InChI is InChI=1S/C34H43ClO10/c1-4-6-7-8-9-10-32(37)45-30-18-17-29(44-31(30)20-42-34(39)22-43-33(38)21-41-23(3)36)25-13-16-28(35)27(19-25)24-11-14-26(15-12-24)40-5-2/h11-16,19,29-31H,4-10,17-18,20-22H2,1-3H3/t29-,30+,31+/m0/s1. The predicted molar refractivity (Wildman–Crippen MR) is 167 cm³/mol. The highest BCUT2D eigenvalue weighted by Crippen LogP contribution is 2.37. The fraction of sp³-hybridized carbons (Fsp3) is 0.529. The first kappa shape index (κ1) is 35.8. The van der Waals surface area contributed by atoms with Crippen LogP contribution in [0, 0.1) is 0 Å². The molecule has 1 heterocycles. The Morgan fingerprint density at radius 3 is 2.27 bits per heavy atom. The third-order valence-electron chi connectivity index (χ3n) is 7.23. The van der Waals surface area contributed by atoms with Crippen molar-refractivity contribution in [2.45, 2.75) is 90.4 Å². The van der Waals surface area contributed by atoms with Crippen molar-refractivity contribution in [2.75, 3.05) is 26.4 Å². The van der Waals surface area contributed by atoms with Gasteiger partial charge in [0, 0.05) is 23.9 Å². The van der Waals surface area contributed by atoms with Crippen molar-refractivity contribution in [3.63, 3.8) is 0 Å². The second kappa shape index (κ2) is 19.0. The number of rotatable bonds is 17. The summed E-state index contributed by atoms with van der Waals surface area (Å²) in [5.41, 5.74) is 2.62. The second-order valence-electron chi connectivity index (χ2n) is 10.8. The minimum atomic E-state index is -0.882. The van der Waals surface area contributed by atoms with E-state index in [0.717, 1.165) is 61.5 Å². The molecule has 3 atom stereocenters. The van der Waals surface area contributed by atoms with E-state index in [0.29, 0.717) is 30.9 Å². The van der Waals surface area contributed by atoms with Crippen molar-refractivity contribution in [3.8, 4) is 16.9 Å². The fourth-order valence-corrected chi connectivity index (χ4v) is 5.14. The number of ether oxygens (including phenoxy) is 6. The zero-order chi connectivity index (χ0) is 32.6. The Hall–Kier alpha value is -3.63. The van der Waals surface area contributed by atoms with Crippen LogP contribution in [-0.4, -0.2) is 62.5 Å². The van der Waals surface area contributed by atoms with Crippen LogP contribution in [0.2, 0.25) is 5.02 Å². The first-order valence-electron chi connectivity index (χ1n) is 15.5. The van der Waals surface area contributed by atoms with Crippen molar-refractivity contribution < 1.29 is 47.6 Å². The molecular formula is C34H43ClO10. The number of carbonyl (C=O) groups excluding carboxylic acids is 4. The number of hydrogen-bond acceptors (Lipinski definition) is 10. The lowest BCUT2D eigenvalue weighted by atomic mass is 9.94. The third kappa shape index (κ3) is 12.4. The Morgan fingerprint density at radius 2 is 1.56 bits per heavy atom. The van der Waals surface area contributed by atoms with Gasteiger partial charge < -0.3 is 28.4 Å². The highest BCUT2D eigenvalue weighted by Gasteiger charge is 2.36. The van der Waals surface area contributed by atoms with E-state index in [2.05, 4.69) is 11.7 Å². The molecule has 1 aliphatic heterocycles. The molecule has 11 heteroatoms. The molecule has 10 nitrogen and oxygen atoms in total. The lowest BCUT2D eigenvalue weighted by molar-refractivity contribution is -0.186. The molecule has 0 aromatic heterocycles. The number of hydrogen-bond donors (Lipinski definition) is 0. The topological polar surface area (TPSA) is 124 Å². The lowest BCUT2D eigenvalue weighted by Crippen LogP contribution is -2.42. The van der Waals surface area contributed by atoms with Crippen LogP contribution in [0.25, 0.3) is 11.1 Å². The highest BCUT2D eigenvalue weighted by molar-refractivity contribution is 6.33. The molecule has 0 bridgehead atoms. The van der Waals surface area contributed by atoms with Gasteiger partial charge in [0.25, 0.3) is 0 Å². The van der Waals surface area contributed by atoms with E-state index in [4.69, 9.17) is 35.3 Å². The van der Waals surface area contributed by atoms with E-state index in [1.54, 1.807) is 0 Å². The van der Waals surface area contributed by atoms with Gasteiger partial charge in [0.1, 0.15) is 24.6 Å². The zero-order valence-corrected chi connectivity index (χ0v) is 27.0. The van der Waals surface area contributed by atoms with Gasteiger partial charge in [0.15, 0.2) is 13.2 Å². The van der Waals surface area contributed by atoms with Gasteiger partial charge in [-0.2, -0.15) is 0 Å². The van der Waals surface area contributed by atoms with Crippen LogP contribution in [0.3, 0.4) is 0 Å². The van der Waals surface area contributed by atoms with Crippen LogP contribution in [0.5, 0.6) is 5.75 Å². The van der Waals surface area contributed by atoms with Crippen molar-refractivity contribution in [1.29, 1.82) is 0 Å². The van der Waals surface area contributed by atoms with Gasteiger partial charge >= 0.3 is 23.9 Å². The number of unbranched alkanes of at least 4 members (excludes halogenated alkanes) is 4. The minimum Gasteiger partial charge on any atom is -0.494 e. The predicted octanol–water partition coefficient (Wildman–Crippen LogP) is 6.55. The summed E-state index contributed by atoms with van der Waals surface area (Å²) < 4.78 is 32.4. The van der Waals surface area contributed by atoms with Gasteiger partial charge in [-0.25, -0.2) is 9.59 Å². The lowest BCUT2D eigenvalue weighted by Gasteiger charge is -2.36. The average Bonchev–Trinajstić information content (AvgIpc) is 3.03. The van der Waals surface area contributed by atoms with Crippen LogP contribution in [0.4, 0.5) is 0 Å². The minimum absolute atomic E-state index is 0.218. The Balaban J connectivity index is 1.67. The number of esters is 4. The molecule has 0 saturated carbocycles. The summed E-state index contributed by atoms with van der Waals surface area (Å²) in [4.78, 5) is 47.5. The first-order chi connectivity index (χ1) is 21.7. The number of benzene rings is 2. The maximum absolute atomic E-state index is 12.7. The molecule has 0 radical (unpaired) electrons. The van der Waals surface area contributed by atoms with Crippen molar-refractivity contribution in [2.24, 2.45) is 0 Å². The Bertz CT molecular complexity index is 1260. The number of halogens is 1. The van der Waals surface area contributed by atoms with E-state index in [9.17, 15) is 19.2 Å². The van der Waals surface area contributed by atoms with Crippen molar-refractivity contribution in [3.05, 3.63) is 53.1 Å². The van der Waals surface area contributed by atoms with E-state index in [1.807, 2.05) is 49.4 Å². The molecule has 0 amide bonds. The molecule has 0 aliphatic carbocycles. The molecule has 2 aromatic carbocycles. The third-order valence-corrected chi connectivity index (χ3v) is 7.56. The van der Waals surface area contributed by atoms with Gasteiger partial charge in [-0.05, 0) is 61.6 Å². The normalized spacial score (nSPS) is 17.6. The molecule has 2 aromatic rings. The molecule has 1 aliphatic rings. The summed E-state index contributed by atoms with van der Waals surface area (Å²) in [6, 6.07) is 13.3. The van der Waals surface area contributed by atoms with Crippen molar-refractivity contribution >= 4 is 35.5 Å². The molecule has 45 heavy (non-hydrogen) atoms. The largest absolute Gasteiger partial charge is 0.494 e. The van der Waals surface area contributed by atoms with Crippen LogP contribution in [0.15, 0.2) is 42.5 Å². The average molecular weight is 647 g/mol. The summed E-state index contributed by atoms with van der Waals surface area (Å²) in [5, 5.41) is 0.582. The van der Waals surface area contributed by atoms with Gasteiger partial charge in [-0.1, -0.05) is 62.4 Å². The summed E-state index contributed by atoms with van der Waals surface area (Å²) in [5.74, 6) is -1.90. The van der Waals surface area contributed by atoms with Crippen molar-refractivity contribution in [1.82, 2.24) is 0 Å². The zero-order valence-electron chi connectivity index (χ0n) is 26.2. The molecule has 0 N–H and O–H groups in total. The smallest absolute Gasteiger partial charge is 0.344 e. The van der Waals surface area contributed by atoms with Gasteiger partial charge in [0.05, 0.1) is 12.7 Å². The van der Waals surface area contributed by atoms with E-state index >= 15 is 0 Å². The summed E-state index contributed by atoms with van der Waals surface area (Å²) in [6.07, 6.45) is 4.63. The van der Waals surface area contributed by atoms with E-state index in [-0.39, 0.29) is 18.7 Å². The molecule has 1 fully saturated rings. The second-order valence-corrected chi connectivity index (χ2v) is 11.2. The monoisotopic (exact) mass is 646 g/mol. The summed E-state index contributed by atoms with van der Waals surface area (Å²) in [7, 11) is 0. The maximum atomic E-state index is 12.7. The summed E-state index contributed by atoms with van der Waals surface area (Å²) >= 11 is 6.57. The first-order valence-corrected chi connectivity index (χ1v) is 15.9. The molecule has 0 spiro atoms. The van der Waals surface area contributed by atoms with E-state index in [1.165, 1.54) is 0 Å². The molecule has 0 unspecified atom stereocenters. The van der Waals surface area contributed by atoms with Crippen LogP contribution in [-0.2, 0) is 42.9 Å².